The summed E-state index contributed by atoms with van der Waals surface area (Å²) < 4.78 is 0. The van der Waals surface area contributed by atoms with Gasteiger partial charge >= 0.3 is 0 Å². The van der Waals surface area contributed by atoms with Crippen molar-refractivity contribution in [3.05, 3.63) is 34.9 Å². The van der Waals surface area contributed by atoms with Crippen LogP contribution in [-0.2, 0) is 4.79 Å². The van der Waals surface area contributed by atoms with Gasteiger partial charge in [0.2, 0.25) is 0 Å². The van der Waals surface area contributed by atoms with Gasteiger partial charge in [-0.3, -0.25) is 4.79 Å². The van der Waals surface area contributed by atoms with E-state index < -0.39 is 0 Å². The van der Waals surface area contributed by atoms with E-state index in [0.29, 0.717) is 0 Å². The normalized spacial score (nSPS) is 12.6. The number of allylic oxidation sites excluding steroid dienone is 6. The molecule has 0 N–H and O–H groups in total. The lowest BCUT2D eigenvalue weighted by atomic mass is 10.1. The summed E-state index contributed by atoms with van der Waals surface area (Å²) in [4.78, 5) is 11.5. The molecule has 15 heavy (non-hydrogen) atoms. The summed E-state index contributed by atoms with van der Waals surface area (Å²) in [6, 6.07) is 0. The molecule has 0 fully saturated rings. The van der Waals surface area contributed by atoms with E-state index in [-0.39, 0.29) is 5.78 Å². The first kappa shape index (κ1) is 13.9. The summed E-state index contributed by atoms with van der Waals surface area (Å²) >= 11 is 0. The van der Waals surface area contributed by atoms with Gasteiger partial charge in [0.05, 0.1) is 0 Å². The van der Waals surface area contributed by atoms with Crippen LogP contribution in [0.2, 0.25) is 0 Å². The zero-order valence-corrected chi connectivity index (χ0v) is 10.6. The van der Waals surface area contributed by atoms with E-state index in [1.807, 2.05) is 26.8 Å². The van der Waals surface area contributed by atoms with Gasteiger partial charge in [0, 0.05) is 0 Å². The Labute approximate surface area is 93.6 Å². The van der Waals surface area contributed by atoms with E-state index in [0.717, 1.165) is 24.0 Å². The molecule has 0 aromatic rings. The molecule has 0 aromatic carbocycles. The molecule has 1 heteroatoms. The average Bonchev–Trinajstić information content (AvgIpc) is 2.15. The molecule has 1 nitrogen and oxygen atoms in total. The lowest BCUT2D eigenvalue weighted by molar-refractivity contribution is -0.111. The zero-order valence-electron chi connectivity index (χ0n) is 10.6. The summed E-state index contributed by atoms with van der Waals surface area (Å²) in [6.07, 6.45) is 7.78. The maximum Gasteiger partial charge on any atom is 0.181 e. The maximum absolute atomic E-state index is 11.5. The van der Waals surface area contributed by atoms with E-state index in [1.165, 1.54) is 5.57 Å². The van der Waals surface area contributed by atoms with Crippen LogP contribution in [0.15, 0.2) is 34.9 Å². The molecule has 0 atom stereocenters. The Morgan fingerprint density at radius 3 is 2.20 bits per heavy atom. The van der Waals surface area contributed by atoms with E-state index >= 15 is 0 Å². The second-order valence-electron chi connectivity index (χ2n) is 4.15. The molecule has 0 aliphatic carbocycles. The van der Waals surface area contributed by atoms with Gasteiger partial charge in [0.25, 0.3) is 0 Å². The fourth-order valence-electron chi connectivity index (χ4n) is 1.14. The molecule has 0 aromatic heterocycles. The highest BCUT2D eigenvalue weighted by Crippen LogP contribution is 2.08. The van der Waals surface area contributed by atoms with Crippen LogP contribution in [0.25, 0.3) is 0 Å². The average molecular weight is 206 g/mol. The maximum atomic E-state index is 11.5. The Balaban J connectivity index is 4.21. The molecule has 0 bridgehead atoms. The van der Waals surface area contributed by atoms with Gasteiger partial charge in [-0.25, -0.2) is 0 Å². The third-order valence-corrected chi connectivity index (χ3v) is 2.29. The number of carbonyl (C=O) groups excluding carboxylic acids is 1. The fraction of sp³-hybridized carbons (Fsp3) is 0.500. The molecule has 0 spiro atoms. The zero-order chi connectivity index (χ0) is 11.8. The fourth-order valence-corrected chi connectivity index (χ4v) is 1.14. The van der Waals surface area contributed by atoms with Gasteiger partial charge in [-0.15, -0.1) is 0 Å². The lowest BCUT2D eigenvalue weighted by Crippen LogP contribution is -1.95. The van der Waals surface area contributed by atoms with E-state index in [4.69, 9.17) is 0 Å². The van der Waals surface area contributed by atoms with Gasteiger partial charge in [-0.1, -0.05) is 23.3 Å². The Hall–Kier alpha value is -1.11. The van der Waals surface area contributed by atoms with Gasteiger partial charge in [-0.2, -0.15) is 0 Å². The molecule has 0 radical (unpaired) electrons. The summed E-state index contributed by atoms with van der Waals surface area (Å²) in [5.41, 5.74) is 3.30. The van der Waals surface area contributed by atoms with E-state index in [2.05, 4.69) is 19.9 Å². The minimum absolute atomic E-state index is 0.132. The predicted octanol–water partition coefficient (Wildman–Crippen LogP) is 4.21. The van der Waals surface area contributed by atoms with Crippen LogP contribution in [0.3, 0.4) is 0 Å². The molecule has 0 aliphatic rings. The van der Waals surface area contributed by atoms with Crippen molar-refractivity contribution in [3.8, 4) is 0 Å². The third kappa shape index (κ3) is 6.89. The largest absolute Gasteiger partial charge is 0.290 e. The second kappa shape index (κ2) is 7.22. The number of hydrogen-bond donors (Lipinski definition) is 0. The number of hydrogen-bond acceptors (Lipinski definition) is 1. The summed E-state index contributed by atoms with van der Waals surface area (Å²) in [5.74, 6) is 0.132. The molecule has 0 aliphatic heterocycles. The van der Waals surface area contributed by atoms with Crippen LogP contribution >= 0.6 is 0 Å². The van der Waals surface area contributed by atoms with Crippen LogP contribution in [0.4, 0.5) is 0 Å². The quantitative estimate of drug-likeness (QED) is 0.486. The van der Waals surface area contributed by atoms with E-state index in [1.54, 1.807) is 6.08 Å². The highest BCUT2D eigenvalue weighted by Gasteiger charge is 1.99. The van der Waals surface area contributed by atoms with Crippen LogP contribution in [0.1, 0.15) is 47.5 Å². The van der Waals surface area contributed by atoms with Crippen molar-refractivity contribution in [1.29, 1.82) is 0 Å². The SMILES string of the molecule is CC=C(C)C(=O)C=C(C)CCC=C(C)C. The number of ketones is 1. The molecule has 0 saturated carbocycles. The topological polar surface area (TPSA) is 17.1 Å². The van der Waals surface area contributed by atoms with E-state index in [9.17, 15) is 4.79 Å². The van der Waals surface area contributed by atoms with Crippen molar-refractivity contribution in [2.24, 2.45) is 0 Å². The molecule has 0 rings (SSSR count). The molecule has 0 amide bonds. The molecule has 0 heterocycles. The summed E-state index contributed by atoms with van der Waals surface area (Å²) in [5, 5.41) is 0. The highest BCUT2D eigenvalue weighted by atomic mass is 16.1. The van der Waals surface area contributed by atoms with Crippen molar-refractivity contribution in [2.45, 2.75) is 47.5 Å². The smallest absolute Gasteiger partial charge is 0.181 e. The van der Waals surface area contributed by atoms with Crippen LogP contribution in [-0.4, -0.2) is 5.78 Å². The van der Waals surface area contributed by atoms with Crippen molar-refractivity contribution < 1.29 is 4.79 Å². The lowest BCUT2D eigenvalue weighted by Gasteiger charge is -1.99. The first-order valence-electron chi connectivity index (χ1n) is 5.45. The monoisotopic (exact) mass is 206 g/mol. The molecule has 0 saturated heterocycles. The van der Waals surface area contributed by atoms with Crippen molar-refractivity contribution in [3.63, 3.8) is 0 Å². The first-order valence-corrected chi connectivity index (χ1v) is 5.45. The van der Waals surface area contributed by atoms with Gasteiger partial charge in [0.1, 0.15) is 0 Å². The molecule has 0 unspecified atom stereocenters. The van der Waals surface area contributed by atoms with Crippen LogP contribution in [0, 0.1) is 0 Å². The number of rotatable bonds is 5. The standard InChI is InChI=1S/C14H22O/c1-6-13(5)14(15)10-12(4)9-7-8-11(2)3/h6,8,10H,7,9H2,1-5H3. The minimum Gasteiger partial charge on any atom is -0.290 e. The Morgan fingerprint density at radius 2 is 1.73 bits per heavy atom. The Morgan fingerprint density at radius 1 is 1.13 bits per heavy atom. The van der Waals surface area contributed by atoms with Gasteiger partial charge in [0.15, 0.2) is 5.78 Å². The van der Waals surface area contributed by atoms with Gasteiger partial charge < -0.3 is 0 Å². The first-order chi connectivity index (χ1) is 6.97. The van der Waals surface area contributed by atoms with Crippen LogP contribution in [0.5, 0.6) is 0 Å². The van der Waals surface area contributed by atoms with Crippen molar-refractivity contribution >= 4 is 5.78 Å². The summed E-state index contributed by atoms with van der Waals surface area (Å²) in [6.45, 7) is 9.93. The third-order valence-electron chi connectivity index (χ3n) is 2.29. The summed E-state index contributed by atoms with van der Waals surface area (Å²) in [7, 11) is 0. The molecule has 84 valence electrons. The molecular formula is C14H22O. The highest BCUT2D eigenvalue weighted by molar-refractivity contribution is 6.03. The van der Waals surface area contributed by atoms with Gasteiger partial charge in [-0.05, 0) is 59.1 Å². The van der Waals surface area contributed by atoms with Crippen molar-refractivity contribution in [2.75, 3.05) is 0 Å². The van der Waals surface area contributed by atoms with Crippen molar-refractivity contribution in [1.82, 2.24) is 0 Å². The number of carbonyl (C=O) groups is 1. The minimum atomic E-state index is 0.132. The predicted molar refractivity (Wildman–Crippen MR) is 66.9 cm³/mol. The van der Waals surface area contributed by atoms with Crippen LogP contribution < -0.4 is 0 Å². The Kier molecular flexibility index (Phi) is 6.68. The Bertz CT molecular complexity index is 299. The second-order valence-corrected chi connectivity index (χ2v) is 4.15. The molecular weight excluding hydrogens is 184 g/mol.